The highest BCUT2D eigenvalue weighted by molar-refractivity contribution is 7.80. The molecule has 0 saturated heterocycles. The van der Waals surface area contributed by atoms with Crippen LogP contribution in [0.25, 0.3) is 0 Å². The molecule has 0 fully saturated rings. The van der Waals surface area contributed by atoms with Crippen molar-refractivity contribution in [3.63, 3.8) is 0 Å². The molecule has 0 unspecified atom stereocenters. The van der Waals surface area contributed by atoms with E-state index >= 15 is 0 Å². The number of carbonyl (C=O) groups excluding carboxylic acids is 1. The summed E-state index contributed by atoms with van der Waals surface area (Å²) in [5.41, 5.74) is 0.904. The number of hydrogen-bond donors (Lipinski definition) is 1. The Bertz CT molecular complexity index is 354. The molecule has 0 aliphatic carbocycles. The van der Waals surface area contributed by atoms with E-state index in [2.05, 4.69) is 0 Å². The van der Waals surface area contributed by atoms with E-state index < -0.39 is 6.09 Å². The van der Waals surface area contributed by atoms with Gasteiger partial charge in [-0.2, -0.15) is 0 Å². The molecule has 0 saturated carbocycles. The molecule has 80 valence electrons. The van der Waals surface area contributed by atoms with Crippen molar-refractivity contribution in [1.82, 2.24) is 5.01 Å². The van der Waals surface area contributed by atoms with E-state index in [1.807, 2.05) is 30.3 Å². The van der Waals surface area contributed by atoms with Gasteiger partial charge in [0.25, 0.3) is 0 Å². The average molecular weight is 224 g/mol. The van der Waals surface area contributed by atoms with Gasteiger partial charge in [0.1, 0.15) is 11.6 Å². The van der Waals surface area contributed by atoms with Crippen molar-refractivity contribution in [2.75, 3.05) is 0 Å². The quantitative estimate of drug-likeness (QED) is 0.360. The average Bonchev–Trinajstić information content (AvgIpc) is 2.26. The number of carbonyl (C=O) groups is 1. The van der Waals surface area contributed by atoms with Gasteiger partial charge in [0.2, 0.25) is 0 Å². The van der Waals surface area contributed by atoms with Crippen molar-refractivity contribution < 1.29 is 9.53 Å². The van der Waals surface area contributed by atoms with Crippen molar-refractivity contribution in [1.29, 1.82) is 0 Å². The minimum Gasteiger partial charge on any atom is -0.443 e. The number of thiocarbonyl (C=S) groups is 1. The summed E-state index contributed by atoms with van der Waals surface area (Å²) < 4.78 is 4.93. The topological polar surface area (TPSA) is 55.6 Å². The van der Waals surface area contributed by atoms with E-state index in [0.717, 1.165) is 10.6 Å². The first kappa shape index (κ1) is 11.6. The maximum absolute atomic E-state index is 11.2. The number of hydrogen-bond acceptors (Lipinski definition) is 4. The van der Waals surface area contributed by atoms with E-state index in [4.69, 9.17) is 22.8 Å². The third-order valence-corrected chi connectivity index (χ3v) is 1.94. The summed E-state index contributed by atoms with van der Waals surface area (Å²) >= 11 is 4.73. The lowest BCUT2D eigenvalue weighted by molar-refractivity contribution is 0.116. The molecule has 0 spiro atoms. The molecule has 2 N–H and O–H groups in total. The van der Waals surface area contributed by atoms with Gasteiger partial charge in [-0.3, -0.25) is 0 Å². The van der Waals surface area contributed by atoms with Crippen LogP contribution in [0, 0.1) is 0 Å². The second-order valence-corrected chi connectivity index (χ2v) is 3.52. The van der Waals surface area contributed by atoms with Crippen LogP contribution in [-0.2, 0) is 11.3 Å². The van der Waals surface area contributed by atoms with Gasteiger partial charge in [0, 0.05) is 0 Å². The number of hydrazine groups is 1. The van der Waals surface area contributed by atoms with Crippen LogP contribution in [0.2, 0.25) is 0 Å². The Labute approximate surface area is 93.6 Å². The molecule has 1 amide bonds. The highest BCUT2D eigenvalue weighted by Crippen LogP contribution is 2.01. The fraction of sp³-hybridized carbons (Fsp3) is 0.200. The van der Waals surface area contributed by atoms with Gasteiger partial charge >= 0.3 is 6.09 Å². The van der Waals surface area contributed by atoms with Crippen molar-refractivity contribution in [3.8, 4) is 0 Å². The minimum atomic E-state index is -0.647. The first-order valence-corrected chi connectivity index (χ1v) is 4.78. The second-order valence-electron chi connectivity index (χ2n) is 2.93. The lowest BCUT2D eigenvalue weighted by atomic mass is 10.2. The number of benzene rings is 1. The molecule has 0 bridgehead atoms. The highest BCUT2D eigenvalue weighted by atomic mass is 32.1. The number of ether oxygens (including phenoxy) is 1. The van der Waals surface area contributed by atoms with E-state index in [9.17, 15) is 4.79 Å². The fourth-order valence-electron chi connectivity index (χ4n) is 0.917. The monoisotopic (exact) mass is 224 g/mol. The number of nitrogens with two attached hydrogens (primary N) is 1. The Kier molecular flexibility index (Phi) is 4.20. The summed E-state index contributed by atoms with van der Waals surface area (Å²) in [6.45, 7) is 1.75. The maximum atomic E-state index is 11.2. The highest BCUT2D eigenvalue weighted by Gasteiger charge is 2.11. The van der Waals surface area contributed by atoms with Crippen LogP contribution >= 0.6 is 12.2 Å². The molecule has 0 heterocycles. The zero-order valence-electron chi connectivity index (χ0n) is 8.34. The van der Waals surface area contributed by atoms with Gasteiger partial charge < -0.3 is 4.74 Å². The van der Waals surface area contributed by atoms with Gasteiger partial charge in [-0.15, -0.1) is 0 Å². The summed E-state index contributed by atoms with van der Waals surface area (Å²) in [7, 11) is 0. The largest absolute Gasteiger partial charge is 0.443 e. The van der Waals surface area contributed by atoms with Crippen molar-refractivity contribution in [2.45, 2.75) is 13.5 Å². The predicted molar refractivity (Wildman–Crippen MR) is 60.9 cm³/mol. The normalized spacial score (nSPS) is 9.47. The SMILES string of the molecule is CC(=S)N(N)C(=O)OCc1ccccc1. The molecule has 15 heavy (non-hydrogen) atoms. The molecule has 0 radical (unpaired) electrons. The Morgan fingerprint density at radius 1 is 1.47 bits per heavy atom. The number of amides is 1. The molecule has 0 atom stereocenters. The standard InChI is InChI=1S/C10H12N2O2S/c1-8(15)12(11)10(13)14-7-9-5-3-2-4-6-9/h2-6H,7,11H2,1H3. The van der Waals surface area contributed by atoms with Gasteiger partial charge in [-0.25, -0.2) is 15.6 Å². The van der Waals surface area contributed by atoms with E-state index in [0.29, 0.717) is 0 Å². The molecule has 0 aliphatic rings. The maximum Gasteiger partial charge on any atom is 0.429 e. The molecule has 5 heteroatoms. The Morgan fingerprint density at radius 3 is 2.60 bits per heavy atom. The molecule has 4 nitrogen and oxygen atoms in total. The smallest absolute Gasteiger partial charge is 0.429 e. The second kappa shape index (κ2) is 5.43. The van der Waals surface area contributed by atoms with E-state index in [1.165, 1.54) is 0 Å². The van der Waals surface area contributed by atoms with Crippen molar-refractivity contribution >= 4 is 23.3 Å². The summed E-state index contributed by atoms with van der Waals surface area (Å²) in [6.07, 6.45) is -0.647. The van der Waals surface area contributed by atoms with Crippen molar-refractivity contribution in [3.05, 3.63) is 35.9 Å². The Morgan fingerprint density at radius 2 is 2.07 bits per heavy atom. The third kappa shape index (κ3) is 3.65. The van der Waals surface area contributed by atoms with Crippen LogP contribution in [-0.4, -0.2) is 16.1 Å². The fourth-order valence-corrected chi connectivity index (χ4v) is 0.992. The zero-order valence-corrected chi connectivity index (χ0v) is 9.16. The lowest BCUT2D eigenvalue weighted by Gasteiger charge is -2.14. The van der Waals surface area contributed by atoms with Crippen LogP contribution < -0.4 is 5.84 Å². The summed E-state index contributed by atoms with van der Waals surface area (Å²) in [4.78, 5) is 11.5. The molecule has 1 rings (SSSR count). The molecule has 0 aromatic heterocycles. The van der Waals surface area contributed by atoms with Gasteiger partial charge in [-0.05, 0) is 12.5 Å². The van der Waals surface area contributed by atoms with Crippen molar-refractivity contribution in [2.24, 2.45) is 5.84 Å². The van der Waals surface area contributed by atoms with E-state index in [-0.39, 0.29) is 11.6 Å². The lowest BCUT2D eigenvalue weighted by Crippen LogP contribution is -2.40. The molecular weight excluding hydrogens is 212 g/mol. The summed E-state index contributed by atoms with van der Waals surface area (Å²) in [5, 5.41) is 0.804. The van der Waals surface area contributed by atoms with Crippen LogP contribution in [0.5, 0.6) is 0 Å². The van der Waals surface area contributed by atoms with Gasteiger partial charge in [0.05, 0.1) is 0 Å². The van der Waals surface area contributed by atoms with Crippen LogP contribution in [0.1, 0.15) is 12.5 Å². The Hall–Kier alpha value is -1.46. The molecular formula is C10H12N2O2S. The van der Waals surface area contributed by atoms with Crippen LogP contribution in [0.15, 0.2) is 30.3 Å². The number of nitrogens with zero attached hydrogens (tertiary/aromatic N) is 1. The first-order valence-electron chi connectivity index (χ1n) is 4.37. The zero-order chi connectivity index (χ0) is 11.3. The molecule has 1 aromatic rings. The van der Waals surface area contributed by atoms with E-state index in [1.54, 1.807) is 6.92 Å². The van der Waals surface area contributed by atoms with Crippen LogP contribution in [0.3, 0.4) is 0 Å². The van der Waals surface area contributed by atoms with Gasteiger partial charge in [-0.1, -0.05) is 42.5 Å². The summed E-state index contributed by atoms with van der Waals surface area (Å²) in [6, 6.07) is 9.35. The predicted octanol–water partition coefficient (Wildman–Crippen LogP) is 1.85. The molecule has 1 aromatic carbocycles. The molecule has 0 aliphatic heterocycles. The van der Waals surface area contributed by atoms with Crippen LogP contribution in [0.4, 0.5) is 4.79 Å². The first-order chi connectivity index (χ1) is 7.11. The minimum absolute atomic E-state index is 0.190. The summed E-state index contributed by atoms with van der Waals surface area (Å²) in [5.74, 6) is 5.34. The Balaban J connectivity index is 2.44. The van der Waals surface area contributed by atoms with Gasteiger partial charge in [0.15, 0.2) is 0 Å². The third-order valence-electron chi connectivity index (χ3n) is 1.74. The number of rotatable bonds is 2.